The molecule has 0 aromatic heterocycles. The van der Waals surface area contributed by atoms with Crippen LogP contribution in [0.5, 0.6) is 0 Å². The van der Waals surface area contributed by atoms with Crippen molar-refractivity contribution in [3.05, 3.63) is 71.5 Å². The van der Waals surface area contributed by atoms with Crippen LogP contribution in [0.2, 0.25) is 0 Å². The molecule has 0 aliphatic carbocycles. The fourth-order valence-corrected chi connectivity index (χ4v) is 2.75. The van der Waals surface area contributed by atoms with E-state index in [0.717, 1.165) is 12.0 Å². The quantitative estimate of drug-likeness (QED) is 0.428. The van der Waals surface area contributed by atoms with Gasteiger partial charge in [0.25, 0.3) is 0 Å². The molecule has 0 spiro atoms. The first-order chi connectivity index (χ1) is 13.1. The number of benzene rings is 2. The van der Waals surface area contributed by atoms with Crippen molar-refractivity contribution in [2.45, 2.75) is 18.9 Å². The summed E-state index contributed by atoms with van der Waals surface area (Å²) in [5.41, 5.74) is 2.16. The lowest BCUT2D eigenvalue weighted by molar-refractivity contribution is 0.290. The highest BCUT2D eigenvalue weighted by molar-refractivity contribution is 5.80. The standard InChI is InChI=1S/C21H26FN5/c1-27(2)20(14-17-7-4-3-5-8-17)15-25-21(26-16-23)24-12-11-18-9-6-10-19(22)13-18/h3-10,13,20H,11-12,14-15H2,1-2H3,(H2,24,25,26). The van der Waals surface area contributed by atoms with E-state index in [1.54, 1.807) is 6.07 Å². The number of nitrogens with one attached hydrogen (secondary N) is 2. The van der Waals surface area contributed by atoms with Gasteiger partial charge in [0, 0.05) is 19.1 Å². The summed E-state index contributed by atoms with van der Waals surface area (Å²) in [5, 5.41) is 15.3. The van der Waals surface area contributed by atoms with Crippen LogP contribution < -0.4 is 10.6 Å². The monoisotopic (exact) mass is 367 g/mol. The van der Waals surface area contributed by atoms with Gasteiger partial charge in [0.1, 0.15) is 5.82 Å². The van der Waals surface area contributed by atoms with Gasteiger partial charge in [-0.25, -0.2) is 4.39 Å². The molecule has 0 fully saturated rings. The number of aliphatic imine (C=N–C) groups is 1. The van der Waals surface area contributed by atoms with Crippen molar-refractivity contribution in [1.29, 1.82) is 5.26 Å². The number of nitriles is 1. The van der Waals surface area contributed by atoms with Crippen LogP contribution in [0.25, 0.3) is 0 Å². The first-order valence-corrected chi connectivity index (χ1v) is 8.98. The predicted octanol–water partition coefficient (Wildman–Crippen LogP) is 2.56. The Balaban J connectivity index is 1.86. The Bertz CT molecular complexity index is 768. The van der Waals surface area contributed by atoms with Crippen molar-refractivity contribution in [3.8, 4) is 6.19 Å². The molecule has 0 saturated carbocycles. The van der Waals surface area contributed by atoms with Crippen LogP contribution in [0, 0.1) is 17.3 Å². The molecular weight excluding hydrogens is 341 g/mol. The zero-order valence-corrected chi connectivity index (χ0v) is 15.8. The normalized spacial score (nSPS) is 12.5. The van der Waals surface area contributed by atoms with E-state index in [4.69, 9.17) is 5.26 Å². The SMILES string of the molecule is CN(C)C(CNC(=NC#N)NCCc1cccc(F)c1)Cc1ccccc1. The van der Waals surface area contributed by atoms with Crippen LogP contribution >= 0.6 is 0 Å². The largest absolute Gasteiger partial charge is 0.355 e. The lowest BCUT2D eigenvalue weighted by atomic mass is 10.1. The van der Waals surface area contributed by atoms with Crippen LogP contribution in [-0.2, 0) is 12.8 Å². The van der Waals surface area contributed by atoms with Crippen LogP contribution in [0.4, 0.5) is 4.39 Å². The molecule has 0 radical (unpaired) electrons. The number of likely N-dealkylation sites (N-methyl/N-ethyl adjacent to an activating group) is 1. The fourth-order valence-electron chi connectivity index (χ4n) is 2.75. The van der Waals surface area contributed by atoms with Crippen LogP contribution in [0.15, 0.2) is 59.6 Å². The number of halogens is 1. The smallest absolute Gasteiger partial charge is 0.209 e. The molecule has 0 amide bonds. The van der Waals surface area contributed by atoms with Crippen molar-refractivity contribution in [1.82, 2.24) is 15.5 Å². The van der Waals surface area contributed by atoms with Crippen LogP contribution in [0.1, 0.15) is 11.1 Å². The highest BCUT2D eigenvalue weighted by atomic mass is 19.1. The van der Waals surface area contributed by atoms with Crippen molar-refractivity contribution >= 4 is 5.96 Å². The van der Waals surface area contributed by atoms with E-state index in [0.29, 0.717) is 25.5 Å². The molecule has 1 unspecified atom stereocenters. The fraction of sp³-hybridized carbons (Fsp3) is 0.333. The molecule has 6 heteroatoms. The van der Waals surface area contributed by atoms with Crippen LogP contribution in [-0.4, -0.2) is 44.1 Å². The van der Waals surface area contributed by atoms with E-state index in [1.807, 2.05) is 44.6 Å². The van der Waals surface area contributed by atoms with E-state index in [1.165, 1.54) is 17.7 Å². The minimum atomic E-state index is -0.244. The minimum Gasteiger partial charge on any atom is -0.355 e. The zero-order chi connectivity index (χ0) is 19.5. The second-order valence-electron chi connectivity index (χ2n) is 6.56. The Morgan fingerprint density at radius 3 is 2.52 bits per heavy atom. The molecule has 2 N–H and O–H groups in total. The number of hydrogen-bond donors (Lipinski definition) is 2. The minimum absolute atomic E-state index is 0.244. The second-order valence-corrected chi connectivity index (χ2v) is 6.56. The molecule has 2 aromatic rings. The zero-order valence-electron chi connectivity index (χ0n) is 15.8. The third-order valence-electron chi connectivity index (χ3n) is 4.31. The van der Waals surface area contributed by atoms with E-state index in [-0.39, 0.29) is 11.9 Å². The Morgan fingerprint density at radius 1 is 1.11 bits per heavy atom. The third-order valence-corrected chi connectivity index (χ3v) is 4.31. The molecule has 0 aliphatic heterocycles. The summed E-state index contributed by atoms with van der Waals surface area (Å²) in [6.45, 7) is 1.21. The molecule has 27 heavy (non-hydrogen) atoms. The maximum atomic E-state index is 13.2. The van der Waals surface area contributed by atoms with Crippen LogP contribution in [0.3, 0.4) is 0 Å². The summed E-state index contributed by atoms with van der Waals surface area (Å²) in [5.74, 6) is 0.195. The number of guanidine groups is 1. The van der Waals surface area contributed by atoms with E-state index in [9.17, 15) is 4.39 Å². The molecule has 0 heterocycles. The van der Waals surface area contributed by atoms with E-state index in [2.05, 4.69) is 32.7 Å². The highest BCUT2D eigenvalue weighted by Gasteiger charge is 2.13. The van der Waals surface area contributed by atoms with Gasteiger partial charge in [0.15, 0.2) is 0 Å². The lowest BCUT2D eigenvalue weighted by Gasteiger charge is -2.25. The molecule has 1 atom stereocenters. The van der Waals surface area contributed by atoms with Gasteiger partial charge in [-0.2, -0.15) is 5.26 Å². The second kappa shape index (κ2) is 10.9. The number of hydrogen-bond acceptors (Lipinski definition) is 3. The summed E-state index contributed by atoms with van der Waals surface area (Å²) < 4.78 is 13.2. The van der Waals surface area contributed by atoms with Crippen molar-refractivity contribution in [2.75, 3.05) is 27.2 Å². The summed E-state index contributed by atoms with van der Waals surface area (Å²) >= 11 is 0. The molecule has 0 saturated heterocycles. The average molecular weight is 367 g/mol. The summed E-state index contributed by atoms with van der Waals surface area (Å²) in [4.78, 5) is 5.97. The maximum Gasteiger partial charge on any atom is 0.209 e. The summed E-state index contributed by atoms with van der Waals surface area (Å²) in [6, 6.07) is 17.1. The van der Waals surface area contributed by atoms with Gasteiger partial charge in [-0.3, -0.25) is 0 Å². The van der Waals surface area contributed by atoms with Gasteiger partial charge in [0.2, 0.25) is 12.2 Å². The Hall–Kier alpha value is -2.91. The first kappa shape index (κ1) is 20.4. The Kier molecular flexibility index (Phi) is 8.27. The van der Waals surface area contributed by atoms with Gasteiger partial charge in [-0.05, 0) is 50.2 Å². The molecule has 5 nitrogen and oxygen atoms in total. The number of rotatable bonds is 8. The lowest BCUT2D eigenvalue weighted by Crippen LogP contribution is -2.46. The molecule has 142 valence electrons. The topological polar surface area (TPSA) is 63.5 Å². The summed E-state index contributed by atoms with van der Waals surface area (Å²) in [6.07, 6.45) is 3.35. The third kappa shape index (κ3) is 7.47. The number of nitrogens with zero attached hydrogens (tertiary/aromatic N) is 3. The average Bonchev–Trinajstić information content (AvgIpc) is 2.65. The van der Waals surface area contributed by atoms with Crippen molar-refractivity contribution in [2.24, 2.45) is 4.99 Å². The van der Waals surface area contributed by atoms with Gasteiger partial charge >= 0.3 is 0 Å². The molecule has 2 aromatic carbocycles. The molecule has 0 aliphatic rings. The van der Waals surface area contributed by atoms with Crippen molar-refractivity contribution < 1.29 is 4.39 Å². The highest BCUT2D eigenvalue weighted by Crippen LogP contribution is 2.06. The first-order valence-electron chi connectivity index (χ1n) is 8.98. The molecular formula is C21H26FN5. The maximum absolute atomic E-state index is 13.2. The van der Waals surface area contributed by atoms with Gasteiger partial charge < -0.3 is 15.5 Å². The van der Waals surface area contributed by atoms with Gasteiger partial charge in [-0.1, -0.05) is 42.5 Å². The van der Waals surface area contributed by atoms with Gasteiger partial charge in [0.05, 0.1) is 0 Å². The van der Waals surface area contributed by atoms with Gasteiger partial charge in [-0.15, -0.1) is 4.99 Å². The Labute approximate surface area is 160 Å². The molecule has 0 bridgehead atoms. The van der Waals surface area contributed by atoms with E-state index < -0.39 is 0 Å². The summed E-state index contributed by atoms with van der Waals surface area (Å²) in [7, 11) is 4.07. The predicted molar refractivity (Wildman–Crippen MR) is 107 cm³/mol. The van der Waals surface area contributed by atoms with E-state index >= 15 is 0 Å². The molecule has 2 rings (SSSR count). The van der Waals surface area contributed by atoms with Crippen molar-refractivity contribution in [3.63, 3.8) is 0 Å². The Morgan fingerprint density at radius 2 is 1.85 bits per heavy atom.